The van der Waals surface area contributed by atoms with Crippen LogP contribution in [0.1, 0.15) is 12.7 Å². The molecule has 0 atom stereocenters. The number of halogens is 1. The first-order chi connectivity index (χ1) is 15.1. The standard InChI is InChI=1S/C22H18ClN5O2S/c1-15(19-8-5-13-30-19)24-25-20(29)14-31-22-27-26-21(16-9-11-17(23)12-10-16)28(22)18-6-3-2-4-7-18/h2-13H,14H2,1H3,(H,25,29). The molecule has 0 aliphatic rings. The summed E-state index contributed by atoms with van der Waals surface area (Å²) in [5.74, 6) is 1.13. The van der Waals surface area contributed by atoms with Gasteiger partial charge in [0.15, 0.2) is 11.0 Å². The van der Waals surface area contributed by atoms with Crippen LogP contribution in [-0.2, 0) is 4.79 Å². The number of para-hydroxylation sites is 1. The molecule has 1 amide bonds. The van der Waals surface area contributed by atoms with Crippen molar-refractivity contribution in [1.82, 2.24) is 20.2 Å². The molecule has 4 aromatic rings. The van der Waals surface area contributed by atoms with Crippen LogP contribution in [0.15, 0.2) is 87.7 Å². The van der Waals surface area contributed by atoms with Crippen molar-refractivity contribution >= 4 is 35.0 Å². The van der Waals surface area contributed by atoms with Crippen molar-refractivity contribution in [3.05, 3.63) is 83.8 Å². The van der Waals surface area contributed by atoms with E-state index in [0.29, 0.717) is 27.5 Å². The minimum Gasteiger partial charge on any atom is -0.463 e. The lowest BCUT2D eigenvalue weighted by atomic mass is 10.2. The van der Waals surface area contributed by atoms with E-state index in [9.17, 15) is 4.79 Å². The fourth-order valence-electron chi connectivity index (χ4n) is 2.81. The largest absolute Gasteiger partial charge is 0.463 e. The Morgan fingerprint density at radius 3 is 2.58 bits per heavy atom. The third-order valence-electron chi connectivity index (χ3n) is 4.31. The molecule has 0 unspecified atom stereocenters. The van der Waals surface area contributed by atoms with E-state index in [1.54, 1.807) is 37.5 Å². The van der Waals surface area contributed by atoms with Crippen LogP contribution < -0.4 is 5.43 Å². The highest BCUT2D eigenvalue weighted by atomic mass is 35.5. The molecule has 0 aliphatic carbocycles. The molecule has 0 radical (unpaired) electrons. The molecular formula is C22H18ClN5O2S. The summed E-state index contributed by atoms with van der Waals surface area (Å²) in [6, 6.07) is 20.7. The highest BCUT2D eigenvalue weighted by Gasteiger charge is 2.17. The van der Waals surface area contributed by atoms with Gasteiger partial charge in [-0.2, -0.15) is 5.10 Å². The van der Waals surface area contributed by atoms with E-state index < -0.39 is 0 Å². The molecule has 1 N–H and O–H groups in total. The number of rotatable bonds is 7. The minimum atomic E-state index is -0.258. The number of carbonyl (C=O) groups excluding carboxylic acids is 1. The van der Waals surface area contributed by atoms with Crippen LogP contribution in [0.2, 0.25) is 5.02 Å². The third kappa shape index (κ3) is 5.04. The Bertz CT molecular complexity index is 1190. The number of hydrogen-bond acceptors (Lipinski definition) is 6. The molecule has 4 rings (SSSR count). The molecule has 0 aliphatic heterocycles. The summed E-state index contributed by atoms with van der Waals surface area (Å²) in [6.07, 6.45) is 1.56. The maximum Gasteiger partial charge on any atom is 0.250 e. The van der Waals surface area contributed by atoms with Crippen LogP contribution >= 0.6 is 23.4 Å². The van der Waals surface area contributed by atoms with Gasteiger partial charge in [0.2, 0.25) is 0 Å². The smallest absolute Gasteiger partial charge is 0.250 e. The topological polar surface area (TPSA) is 85.3 Å². The molecule has 156 valence electrons. The van der Waals surface area contributed by atoms with Crippen molar-refractivity contribution < 1.29 is 9.21 Å². The van der Waals surface area contributed by atoms with Crippen molar-refractivity contribution in [3.63, 3.8) is 0 Å². The third-order valence-corrected chi connectivity index (χ3v) is 5.49. The Balaban J connectivity index is 1.53. The highest BCUT2D eigenvalue weighted by molar-refractivity contribution is 7.99. The predicted molar refractivity (Wildman–Crippen MR) is 122 cm³/mol. The Hall–Kier alpha value is -3.36. The number of amides is 1. The average Bonchev–Trinajstić information content (AvgIpc) is 3.47. The van der Waals surface area contributed by atoms with Crippen LogP contribution in [0, 0.1) is 0 Å². The summed E-state index contributed by atoms with van der Waals surface area (Å²) in [5.41, 5.74) is 4.89. The zero-order chi connectivity index (χ0) is 21.6. The SMILES string of the molecule is CC(=NNC(=O)CSc1nnc(-c2ccc(Cl)cc2)n1-c1ccccc1)c1ccco1. The zero-order valence-electron chi connectivity index (χ0n) is 16.5. The second-order valence-electron chi connectivity index (χ2n) is 6.48. The molecule has 2 heterocycles. The van der Waals surface area contributed by atoms with E-state index in [4.69, 9.17) is 16.0 Å². The normalized spacial score (nSPS) is 11.5. The van der Waals surface area contributed by atoms with E-state index in [-0.39, 0.29) is 11.7 Å². The van der Waals surface area contributed by atoms with Crippen molar-refractivity contribution in [1.29, 1.82) is 0 Å². The van der Waals surface area contributed by atoms with Gasteiger partial charge in [0.05, 0.1) is 12.0 Å². The Kier molecular flexibility index (Phi) is 6.49. The maximum absolute atomic E-state index is 12.3. The molecule has 0 fully saturated rings. The zero-order valence-corrected chi connectivity index (χ0v) is 18.1. The van der Waals surface area contributed by atoms with Gasteiger partial charge in [0.25, 0.3) is 5.91 Å². The number of nitrogens with one attached hydrogen (secondary N) is 1. The monoisotopic (exact) mass is 451 g/mol. The van der Waals surface area contributed by atoms with Gasteiger partial charge in [-0.3, -0.25) is 9.36 Å². The van der Waals surface area contributed by atoms with E-state index in [1.165, 1.54) is 11.8 Å². The van der Waals surface area contributed by atoms with E-state index in [2.05, 4.69) is 20.7 Å². The second-order valence-corrected chi connectivity index (χ2v) is 7.86. The first-order valence-corrected chi connectivity index (χ1v) is 10.7. The predicted octanol–water partition coefficient (Wildman–Crippen LogP) is 4.81. The molecule has 0 bridgehead atoms. The molecule has 31 heavy (non-hydrogen) atoms. The molecule has 0 saturated heterocycles. The van der Waals surface area contributed by atoms with Gasteiger partial charge in [0, 0.05) is 16.3 Å². The molecule has 9 heteroatoms. The van der Waals surface area contributed by atoms with Crippen LogP contribution in [0.4, 0.5) is 0 Å². The van der Waals surface area contributed by atoms with E-state index in [0.717, 1.165) is 11.3 Å². The number of aromatic nitrogens is 3. The highest BCUT2D eigenvalue weighted by Crippen LogP contribution is 2.28. The fourth-order valence-corrected chi connectivity index (χ4v) is 3.68. The van der Waals surface area contributed by atoms with Crippen molar-refractivity contribution in [2.75, 3.05) is 5.75 Å². The number of hydrazone groups is 1. The summed E-state index contributed by atoms with van der Waals surface area (Å²) in [5, 5.41) is 14.0. The number of furan rings is 1. The lowest BCUT2D eigenvalue weighted by Crippen LogP contribution is -2.21. The van der Waals surface area contributed by atoms with Gasteiger partial charge in [-0.1, -0.05) is 41.6 Å². The van der Waals surface area contributed by atoms with Gasteiger partial charge in [0.1, 0.15) is 11.5 Å². The van der Waals surface area contributed by atoms with Crippen LogP contribution in [0.3, 0.4) is 0 Å². The number of benzene rings is 2. The van der Waals surface area contributed by atoms with Gasteiger partial charge < -0.3 is 4.42 Å². The number of carbonyl (C=O) groups is 1. The molecule has 7 nitrogen and oxygen atoms in total. The quantitative estimate of drug-likeness (QED) is 0.247. The fraction of sp³-hybridized carbons (Fsp3) is 0.0909. The molecular weight excluding hydrogens is 434 g/mol. The number of thioether (sulfide) groups is 1. The number of nitrogens with zero attached hydrogens (tertiary/aromatic N) is 4. The van der Waals surface area contributed by atoms with Gasteiger partial charge in [-0.15, -0.1) is 10.2 Å². The maximum atomic E-state index is 12.3. The average molecular weight is 452 g/mol. The molecule has 2 aromatic carbocycles. The van der Waals surface area contributed by atoms with Gasteiger partial charge >= 0.3 is 0 Å². The van der Waals surface area contributed by atoms with Gasteiger partial charge in [-0.25, -0.2) is 5.43 Å². The van der Waals surface area contributed by atoms with E-state index in [1.807, 2.05) is 47.0 Å². The van der Waals surface area contributed by atoms with Crippen molar-refractivity contribution in [2.45, 2.75) is 12.1 Å². The Labute approximate surface area is 188 Å². The van der Waals surface area contributed by atoms with E-state index >= 15 is 0 Å². The first-order valence-electron chi connectivity index (χ1n) is 9.38. The lowest BCUT2D eigenvalue weighted by molar-refractivity contribution is -0.118. The second kappa shape index (κ2) is 9.63. The Morgan fingerprint density at radius 2 is 1.87 bits per heavy atom. The summed E-state index contributed by atoms with van der Waals surface area (Å²) >= 11 is 7.30. The molecule has 0 spiro atoms. The summed E-state index contributed by atoms with van der Waals surface area (Å²) in [7, 11) is 0. The first kappa shape index (κ1) is 20.9. The van der Waals surface area contributed by atoms with Crippen LogP contribution in [0.5, 0.6) is 0 Å². The molecule has 2 aromatic heterocycles. The van der Waals surface area contributed by atoms with Gasteiger partial charge in [-0.05, 0) is 55.5 Å². The van der Waals surface area contributed by atoms with Crippen LogP contribution in [-0.4, -0.2) is 32.1 Å². The molecule has 0 saturated carbocycles. The summed E-state index contributed by atoms with van der Waals surface area (Å²) in [6.45, 7) is 1.76. The van der Waals surface area contributed by atoms with Crippen molar-refractivity contribution in [3.8, 4) is 17.1 Å². The minimum absolute atomic E-state index is 0.126. The van der Waals surface area contributed by atoms with Crippen molar-refractivity contribution in [2.24, 2.45) is 5.10 Å². The summed E-state index contributed by atoms with van der Waals surface area (Å²) < 4.78 is 7.17. The number of hydrogen-bond donors (Lipinski definition) is 1. The lowest BCUT2D eigenvalue weighted by Gasteiger charge is -2.10. The van der Waals surface area contributed by atoms with Crippen LogP contribution in [0.25, 0.3) is 17.1 Å². The summed E-state index contributed by atoms with van der Waals surface area (Å²) in [4.78, 5) is 12.3. The Morgan fingerprint density at radius 1 is 1.10 bits per heavy atom.